The van der Waals surface area contributed by atoms with Gasteiger partial charge >= 0.3 is 5.97 Å². The van der Waals surface area contributed by atoms with Crippen LogP contribution >= 0.6 is 0 Å². The van der Waals surface area contributed by atoms with Gasteiger partial charge in [0, 0.05) is 12.2 Å². The number of benzene rings is 2. The van der Waals surface area contributed by atoms with Gasteiger partial charge in [-0.05, 0) is 54.9 Å². The minimum absolute atomic E-state index is 0.265. The molecule has 1 heterocycles. The highest BCUT2D eigenvalue weighted by Gasteiger charge is 2.29. The lowest BCUT2D eigenvalue weighted by molar-refractivity contribution is -0.142. The number of carbonyl (C=O) groups excluding carboxylic acids is 3. The predicted molar refractivity (Wildman–Crippen MR) is 129 cm³/mol. The molecule has 0 radical (unpaired) electrons. The summed E-state index contributed by atoms with van der Waals surface area (Å²) in [6.07, 6.45) is 4.14. The number of primary amides is 1. The number of aromatic nitrogens is 1. The molecule has 0 fully saturated rings. The van der Waals surface area contributed by atoms with Crippen molar-refractivity contribution in [1.29, 1.82) is 0 Å². The first-order chi connectivity index (χ1) is 16.4. The van der Waals surface area contributed by atoms with Gasteiger partial charge in [0.05, 0.1) is 30.0 Å². The van der Waals surface area contributed by atoms with Gasteiger partial charge in [0.2, 0.25) is 5.91 Å². The van der Waals surface area contributed by atoms with Crippen LogP contribution in [0.3, 0.4) is 0 Å². The summed E-state index contributed by atoms with van der Waals surface area (Å²) in [6, 6.07) is 12.0. The molecule has 1 amide bonds. The minimum atomic E-state index is -0.675. The first kappa shape index (κ1) is 23.5. The maximum Gasteiger partial charge on any atom is 0.343 e. The highest BCUT2D eigenvalue weighted by Crippen LogP contribution is 2.41. The number of ketones is 1. The Kier molecular flexibility index (Phi) is 7.01. The van der Waals surface area contributed by atoms with Crippen LogP contribution in [-0.4, -0.2) is 35.9 Å². The third-order valence-electron chi connectivity index (χ3n) is 6.42. The number of esters is 1. The number of aryl methyl sites for hydroxylation is 2. The monoisotopic (exact) mass is 462 g/mol. The second-order valence-corrected chi connectivity index (χ2v) is 8.62. The summed E-state index contributed by atoms with van der Waals surface area (Å²) >= 11 is 0. The van der Waals surface area contributed by atoms with Gasteiger partial charge in [0.1, 0.15) is 5.75 Å². The molecule has 1 aliphatic rings. The lowest BCUT2D eigenvalue weighted by Gasteiger charge is -2.21. The van der Waals surface area contributed by atoms with E-state index in [0.717, 1.165) is 42.5 Å². The number of hydrogen-bond acceptors (Lipinski definition) is 5. The van der Waals surface area contributed by atoms with Gasteiger partial charge in [-0.25, -0.2) is 4.79 Å². The highest BCUT2D eigenvalue weighted by atomic mass is 16.6. The first-order valence-electron chi connectivity index (χ1n) is 11.7. The zero-order chi connectivity index (χ0) is 24.2. The zero-order valence-electron chi connectivity index (χ0n) is 19.7. The Morgan fingerprint density at radius 3 is 2.50 bits per heavy atom. The van der Waals surface area contributed by atoms with Gasteiger partial charge < -0.3 is 19.8 Å². The molecule has 0 saturated carbocycles. The van der Waals surface area contributed by atoms with E-state index in [-0.39, 0.29) is 18.8 Å². The van der Waals surface area contributed by atoms with E-state index in [9.17, 15) is 14.4 Å². The van der Waals surface area contributed by atoms with Crippen molar-refractivity contribution in [1.82, 2.24) is 4.57 Å². The largest absolute Gasteiger partial charge is 0.481 e. The second kappa shape index (κ2) is 10.1. The summed E-state index contributed by atoms with van der Waals surface area (Å²) in [5.74, 6) is -1.04. The van der Waals surface area contributed by atoms with E-state index in [1.807, 2.05) is 31.2 Å². The Labute approximate surface area is 198 Å². The van der Waals surface area contributed by atoms with Crippen LogP contribution in [0.2, 0.25) is 0 Å². The van der Waals surface area contributed by atoms with E-state index < -0.39 is 11.9 Å². The number of nitrogens with two attached hydrogens (primary N) is 1. The summed E-state index contributed by atoms with van der Waals surface area (Å²) in [7, 11) is 1.31. The molecule has 2 aromatic carbocycles. The molecule has 4 rings (SSSR count). The molecule has 178 valence electrons. The standard InChI is InChI=1S/C27H30N2O5/c1-3-20-25(21(30)14-23(28)31)26-22(34-16-24(32)33-2)13-18-11-7-8-12-19(18)27(26)29(20)15-17-9-5-4-6-10-17/h4-6,9-10,13H,3,7-8,11-12,14-16H2,1-2H3,(H2,28,31). The number of fused-ring (bicyclic) bond motifs is 3. The van der Waals surface area contributed by atoms with Crippen LogP contribution in [0.4, 0.5) is 0 Å². The van der Waals surface area contributed by atoms with Crippen molar-refractivity contribution in [3.05, 3.63) is 64.3 Å². The van der Waals surface area contributed by atoms with Crippen molar-refractivity contribution in [3.63, 3.8) is 0 Å². The molecule has 1 aromatic heterocycles. The molecule has 7 nitrogen and oxygen atoms in total. The number of amides is 1. The number of methoxy groups -OCH3 is 1. The number of nitrogens with zero attached hydrogens (tertiary/aromatic N) is 1. The molecule has 0 spiro atoms. The summed E-state index contributed by atoms with van der Waals surface area (Å²) in [4.78, 5) is 36.9. The maximum atomic E-state index is 13.4. The minimum Gasteiger partial charge on any atom is -0.481 e. The van der Waals surface area contributed by atoms with Gasteiger partial charge in [-0.2, -0.15) is 0 Å². The van der Waals surface area contributed by atoms with Crippen molar-refractivity contribution in [3.8, 4) is 5.75 Å². The molecule has 0 unspecified atom stereocenters. The van der Waals surface area contributed by atoms with Crippen LogP contribution in [0.1, 0.15) is 58.9 Å². The number of hydrogen-bond donors (Lipinski definition) is 1. The lowest BCUT2D eigenvalue weighted by atomic mass is 9.88. The molecule has 0 bridgehead atoms. The van der Waals surface area contributed by atoms with E-state index in [1.54, 1.807) is 0 Å². The molecule has 34 heavy (non-hydrogen) atoms. The quantitative estimate of drug-likeness (QED) is 0.297. The lowest BCUT2D eigenvalue weighted by Crippen LogP contribution is -2.18. The van der Waals surface area contributed by atoms with E-state index in [4.69, 9.17) is 15.2 Å². The van der Waals surface area contributed by atoms with Crippen LogP contribution in [0.5, 0.6) is 5.75 Å². The molecule has 7 heteroatoms. The topological polar surface area (TPSA) is 101 Å². The van der Waals surface area contributed by atoms with Crippen molar-refractivity contribution >= 4 is 28.6 Å². The summed E-state index contributed by atoms with van der Waals surface area (Å²) < 4.78 is 12.9. The molecular formula is C27H30N2O5. The van der Waals surface area contributed by atoms with Crippen molar-refractivity contribution in [2.45, 2.75) is 52.0 Å². The maximum absolute atomic E-state index is 13.4. The van der Waals surface area contributed by atoms with Crippen LogP contribution in [0, 0.1) is 0 Å². The number of Topliss-reactive ketones (excluding diaryl/α,β-unsaturated/α-hetero) is 1. The van der Waals surface area contributed by atoms with Crippen LogP contribution in [-0.2, 0) is 40.1 Å². The zero-order valence-corrected chi connectivity index (χ0v) is 19.7. The van der Waals surface area contributed by atoms with Crippen LogP contribution in [0.25, 0.3) is 10.9 Å². The number of carbonyl (C=O) groups is 3. The molecule has 0 aliphatic heterocycles. The Balaban J connectivity index is 2.03. The van der Waals surface area contributed by atoms with E-state index >= 15 is 0 Å². The van der Waals surface area contributed by atoms with E-state index in [0.29, 0.717) is 29.7 Å². The van der Waals surface area contributed by atoms with Crippen molar-refractivity contribution in [2.75, 3.05) is 13.7 Å². The van der Waals surface area contributed by atoms with Crippen LogP contribution < -0.4 is 10.5 Å². The second-order valence-electron chi connectivity index (χ2n) is 8.62. The molecule has 3 aromatic rings. The Hall–Kier alpha value is -3.61. The third-order valence-corrected chi connectivity index (χ3v) is 6.42. The fourth-order valence-corrected chi connectivity index (χ4v) is 4.97. The Morgan fingerprint density at radius 2 is 1.82 bits per heavy atom. The highest BCUT2D eigenvalue weighted by molar-refractivity contribution is 6.17. The van der Waals surface area contributed by atoms with Gasteiger partial charge in [0.15, 0.2) is 12.4 Å². The van der Waals surface area contributed by atoms with Gasteiger partial charge in [-0.1, -0.05) is 37.3 Å². The normalized spacial score (nSPS) is 12.9. The van der Waals surface area contributed by atoms with Crippen molar-refractivity contribution < 1.29 is 23.9 Å². The van der Waals surface area contributed by atoms with E-state index in [1.165, 1.54) is 18.2 Å². The molecular weight excluding hydrogens is 432 g/mol. The Morgan fingerprint density at radius 1 is 1.09 bits per heavy atom. The fraction of sp³-hybridized carbons (Fsp3) is 0.370. The van der Waals surface area contributed by atoms with E-state index in [2.05, 4.69) is 16.7 Å². The third kappa shape index (κ3) is 4.55. The SMILES string of the molecule is CCc1c(C(=O)CC(N)=O)c2c(OCC(=O)OC)cc3c(c2n1Cc1ccccc1)CCCC3. The summed E-state index contributed by atoms with van der Waals surface area (Å²) in [6.45, 7) is 2.31. The fourth-order valence-electron chi connectivity index (χ4n) is 4.97. The number of ether oxygens (including phenoxy) is 2. The van der Waals surface area contributed by atoms with Gasteiger partial charge in [-0.3, -0.25) is 9.59 Å². The molecule has 2 N–H and O–H groups in total. The average Bonchev–Trinajstić information content (AvgIpc) is 3.17. The average molecular weight is 463 g/mol. The first-order valence-corrected chi connectivity index (χ1v) is 11.7. The molecule has 0 saturated heterocycles. The molecule has 1 aliphatic carbocycles. The Bertz CT molecular complexity index is 1240. The predicted octanol–water partition coefficient (Wildman–Crippen LogP) is 3.74. The van der Waals surface area contributed by atoms with Gasteiger partial charge in [-0.15, -0.1) is 0 Å². The molecule has 0 atom stereocenters. The smallest absolute Gasteiger partial charge is 0.343 e. The summed E-state index contributed by atoms with van der Waals surface area (Å²) in [5, 5.41) is 0.656. The van der Waals surface area contributed by atoms with Crippen LogP contribution in [0.15, 0.2) is 36.4 Å². The number of rotatable bonds is 9. The van der Waals surface area contributed by atoms with Gasteiger partial charge in [0.25, 0.3) is 0 Å². The summed E-state index contributed by atoms with van der Waals surface area (Å²) in [5.41, 5.74) is 11.1. The van der Waals surface area contributed by atoms with Crippen molar-refractivity contribution in [2.24, 2.45) is 5.73 Å².